The Bertz CT molecular complexity index is 491. The van der Waals surface area contributed by atoms with Gasteiger partial charge in [0, 0.05) is 4.88 Å². The number of methoxy groups -OCH3 is 1. The molecular weight excluding hydrogens is 232 g/mol. The number of ether oxygens (including phenoxy) is 1. The Hall–Kier alpha value is -1.55. The first-order valence-corrected chi connectivity index (χ1v) is 6.35. The van der Waals surface area contributed by atoms with Crippen LogP contribution in [0.2, 0.25) is 0 Å². The van der Waals surface area contributed by atoms with Crippen LogP contribution in [0.4, 0.5) is 5.13 Å². The Morgan fingerprint density at radius 3 is 2.47 bits per heavy atom. The lowest BCUT2D eigenvalue weighted by Crippen LogP contribution is -1.94. The molecule has 0 atom stereocenters. The number of rotatable bonds is 4. The maximum Gasteiger partial charge on any atom is 0.180 e. The Balaban J connectivity index is 1.99. The molecule has 1 heterocycles. The summed E-state index contributed by atoms with van der Waals surface area (Å²) in [4.78, 5) is 5.55. The summed E-state index contributed by atoms with van der Waals surface area (Å²) in [7, 11) is 1.68. The molecule has 0 saturated heterocycles. The van der Waals surface area contributed by atoms with Crippen molar-refractivity contribution in [1.82, 2.24) is 4.98 Å². The van der Waals surface area contributed by atoms with Crippen LogP contribution in [0.5, 0.6) is 5.75 Å². The van der Waals surface area contributed by atoms with Crippen LogP contribution in [0.3, 0.4) is 0 Å². The number of nitrogens with zero attached hydrogens (tertiary/aromatic N) is 1. The van der Waals surface area contributed by atoms with E-state index >= 15 is 0 Å². The van der Waals surface area contributed by atoms with Gasteiger partial charge in [-0.05, 0) is 37.5 Å². The van der Waals surface area contributed by atoms with E-state index in [4.69, 9.17) is 10.5 Å². The largest absolute Gasteiger partial charge is 0.497 e. The van der Waals surface area contributed by atoms with Crippen LogP contribution in [0.1, 0.15) is 16.1 Å². The van der Waals surface area contributed by atoms with E-state index < -0.39 is 0 Å². The molecule has 4 heteroatoms. The molecule has 0 aliphatic heterocycles. The Labute approximate surface area is 105 Å². The number of thiazole rings is 1. The zero-order valence-corrected chi connectivity index (χ0v) is 10.9. The second-order valence-electron chi connectivity index (χ2n) is 3.90. The topological polar surface area (TPSA) is 48.1 Å². The molecule has 2 aromatic rings. The first kappa shape index (κ1) is 11.9. The first-order chi connectivity index (χ1) is 8.19. The van der Waals surface area contributed by atoms with Crippen molar-refractivity contribution in [2.45, 2.75) is 19.8 Å². The van der Waals surface area contributed by atoms with Gasteiger partial charge in [-0.1, -0.05) is 12.1 Å². The average Bonchev–Trinajstić information content (AvgIpc) is 2.66. The molecule has 0 spiro atoms. The van der Waals surface area contributed by atoms with Gasteiger partial charge in [-0.2, -0.15) is 0 Å². The molecule has 1 aromatic carbocycles. The number of benzene rings is 1. The van der Waals surface area contributed by atoms with E-state index in [9.17, 15) is 0 Å². The number of hydrogen-bond donors (Lipinski definition) is 1. The number of nitrogen functional groups attached to an aromatic ring is 1. The summed E-state index contributed by atoms with van der Waals surface area (Å²) in [5.74, 6) is 0.892. The van der Waals surface area contributed by atoms with Crippen LogP contribution in [-0.2, 0) is 12.8 Å². The van der Waals surface area contributed by atoms with Crippen molar-refractivity contribution < 1.29 is 4.74 Å². The van der Waals surface area contributed by atoms with E-state index in [0.29, 0.717) is 5.13 Å². The molecule has 0 saturated carbocycles. The summed E-state index contributed by atoms with van der Waals surface area (Å²) in [5.41, 5.74) is 8.08. The summed E-state index contributed by atoms with van der Waals surface area (Å²) in [6.07, 6.45) is 1.92. The molecule has 0 amide bonds. The molecule has 17 heavy (non-hydrogen) atoms. The van der Waals surface area contributed by atoms with Crippen molar-refractivity contribution in [3.8, 4) is 5.75 Å². The highest BCUT2D eigenvalue weighted by Gasteiger charge is 2.05. The van der Waals surface area contributed by atoms with Crippen LogP contribution in [-0.4, -0.2) is 12.1 Å². The van der Waals surface area contributed by atoms with Gasteiger partial charge in [0.1, 0.15) is 5.75 Å². The second kappa shape index (κ2) is 5.19. The maximum absolute atomic E-state index is 5.68. The molecule has 2 rings (SSSR count). The fourth-order valence-corrected chi connectivity index (χ4v) is 2.47. The van der Waals surface area contributed by atoms with E-state index in [1.807, 2.05) is 12.1 Å². The number of aromatic nitrogens is 1. The van der Waals surface area contributed by atoms with E-state index in [1.165, 1.54) is 10.4 Å². The highest BCUT2D eigenvalue weighted by atomic mass is 32.1. The molecule has 2 N–H and O–H groups in total. The average molecular weight is 248 g/mol. The standard InChI is InChI=1S/C13H16N2OS/c1-9-12(15-13(14)17-9)8-5-10-3-6-11(16-2)7-4-10/h3-4,6-7H,5,8H2,1-2H3,(H2,14,15). The molecule has 1 aromatic heterocycles. The van der Waals surface area contributed by atoms with Crippen LogP contribution in [0.25, 0.3) is 0 Å². The fourth-order valence-electron chi connectivity index (χ4n) is 1.74. The molecule has 0 aliphatic carbocycles. The maximum atomic E-state index is 5.68. The smallest absolute Gasteiger partial charge is 0.180 e. The summed E-state index contributed by atoms with van der Waals surface area (Å²) in [6, 6.07) is 8.14. The van der Waals surface area contributed by atoms with Gasteiger partial charge in [-0.25, -0.2) is 4.98 Å². The highest BCUT2D eigenvalue weighted by Crippen LogP contribution is 2.21. The quantitative estimate of drug-likeness (QED) is 0.905. The Kier molecular flexibility index (Phi) is 3.64. The summed E-state index contributed by atoms with van der Waals surface area (Å²) in [6.45, 7) is 2.07. The number of nitrogens with two attached hydrogens (primary N) is 1. The van der Waals surface area contributed by atoms with Crippen LogP contribution in [0.15, 0.2) is 24.3 Å². The predicted molar refractivity (Wildman–Crippen MR) is 71.7 cm³/mol. The molecule has 90 valence electrons. The third kappa shape index (κ3) is 2.97. The number of hydrogen-bond acceptors (Lipinski definition) is 4. The molecule has 3 nitrogen and oxygen atoms in total. The lowest BCUT2D eigenvalue weighted by molar-refractivity contribution is 0.414. The summed E-state index contributed by atoms with van der Waals surface area (Å²) in [5, 5.41) is 0.659. The number of aryl methyl sites for hydroxylation is 3. The molecule has 0 radical (unpaired) electrons. The number of anilines is 1. The van der Waals surface area contributed by atoms with Crippen LogP contribution in [0, 0.1) is 6.92 Å². The third-order valence-corrected chi connectivity index (χ3v) is 3.56. The van der Waals surface area contributed by atoms with Crippen molar-refractivity contribution in [2.24, 2.45) is 0 Å². The molecular formula is C13H16N2OS. The van der Waals surface area contributed by atoms with Crippen molar-refractivity contribution >= 4 is 16.5 Å². The first-order valence-electron chi connectivity index (χ1n) is 5.53. The van der Waals surface area contributed by atoms with Crippen LogP contribution >= 0.6 is 11.3 Å². The van der Waals surface area contributed by atoms with E-state index in [0.717, 1.165) is 24.3 Å². The van der Waals surface area contributed by atoms with Gasteiger partial charge in [-0.15, -0.1) is 11.3 Å². The fraction of sp³-hybridized carbons (Fsp3) is 0.308. The van der Waals surface area contributed by atoms with Gasteiger partial charge >= 0.3 is 0 Å². The van der Waals surface area contributed by atoms with Gasteiger partial charge < -0.3 is 10.5 Å². The van der Waals surface area contributed by atoms with Gasteiger partial charge in [0.05, 0.1) is 12.8 Å². The molecule has 0 aliphatic rings. The van der Waals surface area contributed by atoms with E-state index in [2.05, 4.69) is 24.0 Å². The SMILES string of the molecule is COc1ccc(CCc2nc(N)sc2C)cc1. The molecule has 0 unspecified atom stereocenters. The van der Waals surface area contributed by atoms with Gasteiger partial charge in [0.15, 0.2) is 5.13 Å². The summed E-state index contributed by atoms with van der Waals surface area (Å²) >= 11 is 1.56. The van der Waals surface area contributed by atoms with E-state index in [-0.39, 0.29) is 0 Å². The zero-order valence-electron chi connectivity index (χ0n) is 10.1. The van der Waals surface area contributed by atoms with Crippen LogP contribution < -0.4 is 10.5 Å². The minimum absolute atomic E-state index is 0.659. The molecule has 0 bridgehead atoms. The molecule has 0 fully saturated rings. The van der Waals surface area contributed by atoms with E-state index in [1.54, 1.807) is 18.4 Å². The Morgan fingerprint density at radius 2 is 1.94 bits per heavy atom. The summed E-state index contributed by atoms with van der Waals surface area (Å²) < 4.78 is 5.13. The van der Waals surface area contributed by atoms with Gasteiger partial charge in [0.2, 0.25) is 0 Å². The van der Waals surface area contributed by atoms with Crippen molar-refractivity contribution in [1.29, 1.82) is 0 Å². The minimum atomic E-state index is 0.659. The zero-order chi connectivity index (χ0) is 12.3. The van der Waals surface area contributed by atoms with Gasteiger partial charge in [0.25, 0.3) is 0 Å². The minimum Gasteiger partial charge on any atom is -0.497 e. The second-order valence-corrected chi connectivity index (χ2v) is 5.14. The van der Waals surface area contributed by atoms with Crippen molar-refractivity contribution in [2.75, 3.05) is 12.8 Å². The normalized spacial score (nSPS) is 10.5. The predicted octanol–water partition coefficient (Wildman–Crippen LogP) is 2.83. The van der Waals surface area contributed by atoms with Gasteiger partial charge in [-0.3, -0.25) is 0 Å². The highest BCUT2D eigenvalue weighted by molar-refractivity contribution is 7.15. The Morgan fingerprint density at radius 1 is 1.24 bits per heavy atom. The monoisotopic (exact) mass is 248 g/mol. The lowest BCUT2D eigenvalue weighted by atomic mass is 10.1. The van der Waals surface area contributed by atoms with Crippen molar-refractivity contribution in [3.63, 3.8) is 0 Å². The third-order valence-electron chi connectivity index (χ3n) is 2.72. The lowest BCUT2D eigenvalue weighted by Gasteiger charge is -2.02. The van der Waals surface area contributed by atoms with Crippen molar-refractivity contribution in [3.05, 3.63) is 40.4 Å².